The SMILES string of the molecule is COc1cc(CNC(=S)Nc2ccc([N+](=O)[O-])cc2)cc(OC)c1OC. The maximum absolute atomic E-state index is 10.7. The highest BCUT2D eigenvalue weighted by atomic mass is 32.1. The second kappa shape index (κ2) is 8.86. The normalized spacial score (nSPS) is 9.96. The second-order valence-corrected chi connectivity index (χ2v) is 5.55. The number of hydrogen-bond acceptors (Lipinski definition) is 6. The third kappa shape index (κ3) is 4.73. The summed E-state index contributed by atoms with van der Waals surface area (Å²) in [6, 6.07) is 9.64. The number of nitro benzene ring substituents is 1. The predicted octanol–water partition coefficient (Wildman–Crippen LogP) is 3.11. The van der Waals surface area contributed by atoms with Gasteiger partial charge in [0.25, 0.3) is 5.69 Å². The molecule has 0 bridgehead atoms. The molecule has 0 radical (unpaired) electrons. The van der Waals surface area contributed by atoms with E-state index in [9.17, 15) is 10.1 Å². The Bertz CT molecular complexity index is 770. The molecule has 26 heavy (non-hydrogen) atoms. The fourth-order valence-corrected chi connectivity index (χ4v) is 2.45. The van der Waals surface area contributed by atoms with Gasteiger partial charge >= 0.3 is 0 Å². The van der Waals surface area contributed by atoms with Crippen LogP contribution in [0.5, 0.6) is 17.2 Å². The number of nitrogens with one attached hydrogen (secondary N) is 2. The van der Waals surface area contributed by atoms with Crippen LogP contribution in [-0.4, -0.2) is 31.4 Å². The van der Waals surface area contributed by atoms with Gasteiger partial charge in [-0.3, -0.25) is 10.1 Å². The van der Waals surface area contributed by atoms with Crippen LogP contribution in [0.3, 0.4) is 0 Å². The van der Waals surface area contributed by atoms with Gasteiger partial charge in [-0.2, -0.15) is 0 Å². The summed E-state index contributed by atoms with van der Waals surface area (Å²) in [5.74, 6) is 1.63. The summed E-state index contributed by atoms with van der Waals surface area (Å²) in [4.78, 5) is 10.2. The van der Waals surface area contributed by atoms with Crippen LogP contribution in [0.15, 0.2) is 36.4 Å². The molecule has 2 rings (SSSR count). The van der Waals surface area contributed by atoms with E-state index in [1.165, 1.54) is 12.1 Å². The summed E-state index contributed by atoms with van der Waals surface area (Å²) in [5, 5.41) is 17.1. The summed E-state index contributed by atoms with van der Waals surface area (Å²) in [7, 11) is 4.64. The first kappa shape index (κ1) is 19.3. The molecule has 0 saturated heterocycles. The average molecular weight is 377 g/mol. The van der Waals surface area contributed by atoms with Crippen molar-refractivity contribution < 1.29 is 19.1 Å². The Morgan fingerprint density at radius 2 is 1.65 bits per heavy atom. The van der Waals surface area contributed by atoms with Crippen LogP contribution in [0.1, 0.15) is 5.56 Å². The molecule has 0 aliphatic rings. The van der Waals surface area contributed by atoms with Crippen molar-refractivity contribution in [2.45, 2.75) is 6.54 Å². The van der Waals surface area contributed by atoms with Gasteiger partial charge in [-0.25, -0.2) is 0 Å². The van der Waals surface area contributed by atoms with Crippen LogP contribution in [0, 0.1) is 10.1 Å². The van der Waals surface area contributed by atoms with Gasteiger partial charge in [0.1, 0.15) is 0 Å². The van der Waals surface area contributed by atoms with Crippen LogP contribution in [0.25, 0.3) is 0 Å². The summed E-state index contributed by atoms with van der Waals surface area (Å²) in [6.07, 6.45) is 0. The highest BCUT2D eigenvalue weighted by molar-refractivity contribution is 7.80. The van der Waals surface area contributed by atoms with Crippen molar-refractivity contribution in [2.24, 2.45) is 0 Å². The van der Waals surface area contributed by atoms with Gasteiger partial charge < -0.3 is 24.8 Å². The van der Waals surface area contributed by atoms with Crippen LogP contribution >= 0.6 is 12.2 Å². The smallest absolute Gasteiger partial charge is 0.269 e. The standard InChI is InChI=1S/C17H19N3O5S/c1-23-14-8-11(9-15(24-2)16(14)25-3)10-18-17(26)19-12-4-6-13(7-5-12)20(21)22/h4-9H,10H2,1-3H3,(H2,18,19,26). The molecular formula is C17H19N3O5S. The first-order chi connectivity index (χ1) is 12.5. The summed E-state index contributed by atoms with van der Waals surface area (Å²) in [6.45, 7) is 0.426. The fourth-order valence-electron chi connectivity index (χ4n) is 2.26. The number of thiocarbonyl (C=S) groups is 1. The van der Waals surface area contributed by atoms with Crippen LogP contribution in [0.4, 0.5) is 11.4 Å². The Hall–Kier alpha value is -3.07. The van der Waals surface area contributed by atoms with Crippen molar-refractivity contribution in [3.8, 4) is 17.2 Å². The first-order valence-electron chi connectivity index (χ1n) is 7.56. The molecule has 8 nitrogen and oxygen atoms in total. The molecule has 0 aromatic heterocycles. The maximum Gasteiger partial charge on any atom is 0.269 e. The van der Waals surface area contributed by atoms with Crippen LogP contribution in [0.2, 0.25) is 0 Å². The Morgan fingerprint density at radius 1 is 1.08 bits per heavy atom. The molecule has 0 fully saturated rings. The lowest BCUT2D eigenvalue weighted by Gasteiger charge is -2.15. The number of anilines is 1. The van der Waals surface area contributed by atoms with E-state index in [1.807, 2.05) is 12.1 Å². The number of methoxy groups -OCH3 is 3. The van der Waals surface area contributed by atoms with Crippen LogP contribution in [-0.2, 0) is 6.54 Å². The van der Waals surface area contributed by atoms with E-state index in [-0.39, 0.29) is 5.69 Å². The first-order valence-corrected chi connectivity index (χ1v) is 7.97. The van der Waals surface area contributed by atoms with Crippen molar-refractivity contribution in [1.29, 1.82) is 0 Å². The highest BCUT2D eigenvalue weighted by Gasteiger charge is 2.13. The van der Waals surface area contributed by atoms with Gasteiger partial charge in [-0.1, -0.05) is 0 Å². The van der Waals surface area contributed by atoms with Gasteiger partial charge in [0, 0.05) is 24.4 Å². The lowest BCUT2D eigenvalue weighted by Crippen LogP contribution is -2.27. The minimum Gasteiger partial charge on any atom is -0.493 e. The molecule has 2 N–H and O–H groups in total. The van der Waals surface area contributed by atoms with Gasteiger partial charge in [-0.05, 0) is 42.0 Å². The molecule has 0 aliphatic heterocycles. The van der Waals surface area contributed by atoms with Gasteiger partial charge in [0.15, 0.2) is 16.6 Å². The summed E-state index contributed by atoms with van der Waals surface area (Å²) in [5.41, 5.74) is 1.55. The fraction of sp³-hybridized carbons (Fsp3) is 0.235. The molecular weight excluding hydrogens is 358 g/mol. The van der Waals surface area contributed by atoms with Crippen LogP contribution < -0.4 is 24.8 Å². The Kier molecular flexibility index (Phi) is 6.56. The average Bonchev–Trinajstić information content (AvgIpc) is 2.65. The Labute approximate surface area is 156 Å². The third-order valence-electron chi connectivity index (χ3n) is 3.51. The Balaban J connectivity index is 2.01. The molecule has 2 aromatic rings. The van der Waals surface area contributed by atoms with Crippen molar-refractivity contribution in [2.75, 3.05) is 26.6 Å². The minimum absolute atomic E-state index is 0.0202. The maximum atomic E-state index is 10.7. The topological polar surface area (TPSA) is 94.9 Å². The monoisotopic (exact) mass is 377 g/mol. The largest absolute Gasteiger partial charge is 0.493 e. The molecule has 0 saturated carbocycles. The summed E-state index contributed by atoms with van der Waals surface area (Å²) >= 11 is 5.25. The van der Waals surface area contributed by atoms with Gasteiger partial charge in [0.2, 0.25) is 5.75 Å². The van der Waals surface area contributed by atoms with Crippen molar-refractivity contribution in [3.63, 3.8) is 0 Å². The number of rotatable bonds is 7. The van der Waals surface area contributed by atoms with E-state index in [4.69, 9.17) is 26.4 Å². The molecule has 0 aliphatic carbocycles. The third-order valence-corrected chi connectivity index (χ3v) is 3.76. The zero-order valence-corrected chi connectivity index (χ0v) is 15.4. The number of nitrogens with zero attached hydrogens (tertiary/aromatic N) is 1. The van der Waals surface area contributed by atoms with Crippen molar-refractivity contribution >= 4 is 28.7 Å². The lowest BCUT2D eigenvalue weighted by atomic mass is 10.2. The van der Waals surface area contributed by atoms with Crippen molar-refractivity contribution in [3.05, 3.63) is 52.1 Å². The molecule has 138 valence electrons. The number of non-ortho nitro benzene ring substituents is 1. The van der Waals surface area contributed by atoms with E-state index < -0.39 is 4.92 Å². The Morgan fingerprint density at radius 3 is 2.12 bits per heavy atom. The molecule has 0 unspecified atom stereocenters. The van der Waals surface area contributed by atoms with E-state index in [2.05, 4.69) is 10.6 Å². The second-order valence-electron chi connectivity index (χ2n) is 5.15. The van der Waals surface area contributed by atoms with Gasteiger partial charge in [-0.15, -0.1) is 0 Å². The van der Waals surface area contributed by atoms with E-state index in [0.29, 0.717) is 34.6 Å². The lowest BCUT2D eigenvalue weighted by molar-refractivity contribution is -0.384. The molecule has 9 heteroatoms. The summed E-state index contributed by atoms with van der Waals surface area (Å²) < 4.78 is 15.9. The molecule has 0 spiro atoms. The number of ether oxygens (including phenoxy) is 3. The van der Waals surface area contributed by atoms with Crippen molar-refractivity contribution in [1.82, 2.24) is 5.32 Å². The number of hydrogen-bond donors (Lipinski definition) is 2. The van der Waals surface area contributed by atoms with E-state index in [0.717, 1.165) is 5.56 Å². The minimum atomic E-state index is -0.454. The number of nitro groups is 1. The van der Waals surface area contributed by atoms with E-state index in [1.54, 1.807) is 33.5 Å². The molecule has 0 atom stereocenters. The van der Waals surface area contributed by atoms with Gasteiger partial charge in [0.05, 0.1) is 26.3 Å². The molecule has 2 aromatic carbocycles. The predicted molar refractivity (Wildman–Crippen MR) is 102 cm³/mol. The zero-order valence-electron chi connectivity index (χ0n) is 14.6. The quantitative estimate of drug-likeness (QED) is 0.432. The molecule has 0 amide bonds. The molecule has 0 heterocycles. The van der Waals surface area contributed by atoms with E-state index >= 15 is 0 Å². The zero-order chi connectivity index (χ0) is 19.1. The highest BCUT2D eigenvalue weighted by Crippen LogP contribution is 2.38. The number of benzene rings is 2.